The standard InChI is InChI=1S/C11H13ClFN3O2/c12-9-2-1-8(7-10(9)13)15-3-5-16(6-4-15)14-11(17)18/h1-2,7,14H,3-6H2,(H,17,18). The third-order valence-electron chi connectivity index (χ3n) is 2.80. The Morgan fingerprint density at radius 3 is 2.56 bits per heavy atom. The quantitative estimate of drug-likeness (QED) is 0.862. The molecule has 7 heteroatoms. The SMILES string of the molecule is O=C(O)NN1CCN(c2ccc(Cl)c(F)c2)CC1. The van der Waals surface area contributed by atoms with Gasteiger partial charge in [0.05, 0.1) is 5.02 Å². The summed E-state index contributed by atoms with van der Waals surface area (Å²) in [4.78, 5) is 12.5. The average Bonchev–Trinajstić information content (AvgIpc) is 2.33. The van der Waals surface area contributed by atoms with Crippen LogP contribution < -0.4 is 10.3 Å². The fourth-order valence-electron chi connectivity index (χ4n) is 1.89. The highest BCUT2D eigenvalue weighted by Crippen LogP contribution is 2.22. The number of anilines is 1. The molecule has 98 valence electrons. The topological polar surface area (TPSA) is 55.8 Å². The molecule has 1 heterocycles. The van der Waals surface area contributed by atoms with E-state index in [2.05, 4.69) is 5.43 Å². The number of benzene rings is 1. The predicted molar refractivity (Wildman–Crippen MR) is 66.4 cm³/mol. The number of halogens is 2. The van der Waals surface area contributed by atoms with Gasteiger partial charge >= 0.3 is 6.09 Å². The first kappa shape index (κ1) is 12.9. The molecule has 1 aromatic rings. The van der Waals surface area contributed by atoms with E-state index < -0.39 is 11.9 Å². The number of hydrogen-bond acceptors (Lipinski definition) is 3. The van der Waals surface area contributed by atoms with Gasteiger partial charge in [0.1, 0.15) is 5.82 Å². The van der Waals surface area contributed by atoms with Crippen LogP contribution in [-0.4, -0.2) is 42.4 Å². The summed E-state index contributed by atoms with van der Waals surface area (Å²) in [5, 5.41) is 10.3. The second-order valence-corrected chi connectivity index (χ2v) is 4.40. The van der Waals surface area contributed by atoms with Crippen LogP contribution in [0.5, 0.6) is 0 Å². The molecule has 0 radical (unpaired) electrons. The molecule has 0 bridgehead atoms. The van der Waals surface area contributed by atoms with Gasteiger partial charge in [-0.15, -0.1) is 0 Å². The molecular weight excluding hydrogens is 261 g/mol. The number of amides is 1. The van der Waals surface area contributed by atoms with E-state index in [4.69, 9.17) is 16.7 Å². The predicted octanol–water partition coefficient (Wildman–Crippen LogP) is 1.78. The Kier molecular flexibility index (Phi) is 3.88. The molecule has 0 aromatic heterocycles. The van der Waals surface area contributed by atoms with Gasteiger partial charge in [-0.05, 0) is 18.2 Å². The van der Waals surface area contributed by atoms with Gasteiger partial charge in [-0.1, -0.05) is 11.6 Å². The van der Waals surface area contributed by atoms with Crippen molar-refractivity contribution in [3.05, 3.63) is 29.0 Å². The highest BCUT2D eigenvalue weighted by molar-refractivity contribution is 6.30. The first-order valence-corrected chi connectivity index (χ1v) is 5.88. The van der Waals surface area contributed by atoms with Crippen LogP contribution >= 0.6 is 11.6 Å². The Bertz CT molecular complexity index is 450. The number of hydrogen-bond donors (Lipinski definition) is 2. The molecular formula is C11H13ClFN3O2. The number of rotatable bonds is 2. The van der Waals surface area contributed by atoms with Crippen LogP contribution in [-0.2, 0) is 0 Å². The lowest BCUT2D eigenvalue weighted by Gasteiger charge is -2.35. The molecule has 0 spiro atoms. The number of carbonyl (C=O) groups is 1. The molecule has 2 N–H and O–H groups in total. The van der Waals surface area contributed by atoms with E-state index in [-0.39, 0.29) is 5.02 Å². The van der Waals surface area contributed by atoms with Gasteiger partial charge in [0, 0.05) is 31.9 Å². The van der Waals surface area contributed by atoms with Crippen molar-refractivity contribution in [1.29, 1.82) is 0 Å². The highest BCUT2D eigenvalue weighted by Gasteiger charge is 2.18. The van der Waals surface area contributed by atoms with Crippen molar-refractivity contribution >= 4 is 23.4 Å². The largest absolute Gasteiger partial charge is 0.464 e. The number of nitrogens with one attached hydrogen (secondary N) is 1. The van der Waals surface area contributed by atoms with Crippen molar-refractivity contribution in [3.63, 3.8) is 0 Å². The summed E-state index contributed by atoms with van der Waals surface area (Å²) in [5.41, 5.74) is 3.06. The summed E-state index contributed by atoms with van der Waals surface area (Å²) < 4.78 is 13.3. The van der Waals surface area contributed by atoms with E-state index in [0.717, 1.165) is 5.69 Å². The van der Waals surface area contributed by atoms with Crippen molar-refractivity contribution in [3.8, 4) is 0 Å². The fraction of sp³-hybridized carbons (Fsp3) is 0.364. The second kappa shape index (κ2) is 5.41. The summed E-state index contributed by atoms with van der Waals surface area (Å²) in [5.74, 6) is -0.444. The van der Waals surface area contributed by atoms with Gasteiger partial charge in [-0.3, -0.25) is 5.43 Å². The van der Waals surface area contributed by atoms with Gasteiger partial charge in [0.2, 0.25) is 0 Å². The summed E-state index contributed by atoms with van der Waals surface area (Å²) >= 11 is 5.62. The molecule has 1 amide bonds. The van der Waals surface area contributed by atoms with Crippen LogP contribution in [0.4, 0.5) is 14.9 Å². The third kappa shape index (κ3) is 3.02. The molecule has 1 aliphatic rings. The Morgan fingerprint density at radius 2 is 2.00 bits per heavy atom. The van der Waals surface area contributed by atoms with E-state index in [1.807, 2.05) is 4.90 Å². The zero-order chi connectivity index (χ0) is 13.1. The molecule has 18 heavy (non-hydrogen) atoms. The maximum atomic E-state index is 13.3. The monoisotopic (exact) mass is 273 g/mol. The summed E-state index contributed by atoms with van der Waals surface area (Å²) in [6, 6.07) is 4.67. The first-order valence-electron chi connectivity index (χ1n) is 5.51. The second-order valence-electron chi connectivity index (χ2n) is 3.99. The molecule has 1 fully saturated rings. The summed E-state index contributed by atoms with van der Waals surface area (Å²) in [7, 11) is 0. The first-order chi connectivity index (χ1) is 8.56. The molecule has 5 nitrogen and oxygen atoms in total. The molecule has 0 saturated carbocycles. The smallest absolute Gasteiger partial charge is 0.419 e. The Morgan fingerprint density at radius 1 is 1.33 bits per heavy atom. The van der Waals surface area contributed by atoms with E-state index >= 15 is 0 Å². The maximum Gasteiger partial charge on any atom is 0.419 e. The Labute approximate surface area is 109 Å². The van der Waals surface area contributed by atoms with Crippen molar-refractivity contribution in [2.45, 2.75) is 0 Å². The summed E-state index contributed by atoms with van der Waals surface area (Å²) in [6.07, 6.45) is -1.07. The minimum Gasteiger partial charge on any atom is -0.464 e. The molecule has 1 aromatic carbocycles. The third-order valence-corrected chi connectivity index (χ3v) is 3.11. The minimum atomic E-state index is -1.07. The lowest BCUT2D eigenvalue weighted by molar-refractivity contribution is 0.134. The molecule has 2 rings (SSSR count). The van der Waals surface area contributed by atoms with Crippen LogP contribution in [0, 0.1) is 5.82 Å². The Balaban J connectivity index is 1.96. The lowest BCUT2D eigenvalue weighted by atomic mass is 10.2. The fourth-order valence-corrected chi connectivity index (χ4v) is 2.01. The lowest BCUT2D eigenvalue weighted by Crippen LogP contribution is -2.53. The summed E-state index contributed by atoms with van der Waals surface area (Å²) in [6.45, 7) is 2.36. The van der Waals surface area contributed by atoms with Gasteiger partial charge in [0.15, 0.2) is 0 Å². The maximum absolute atomic E-state index is 13.3. The minimum absolute atomic E-state index is 0.102. The molecule has 0 unspecified atom stereocenters. The Hall–Kier alpha value is -1.53. The van der Waals surface area contributed by atoms with Crippen molar-refractivity contribution in [2.75, 3.05) is 31.1 Å². The van der Waals surface area contributed by atoms with Gasteiger partial charge in [0.25, 0.3) is 0 Å². The molecule has 1 saturated heterocycles. The zero-order valence-electron chi connectivity index (χ0n) is 9.57. The number of carboxylic acid groups (broad SMARTS) is 1. The van der Waals surface area contributed by atoms with Gasteiger partial charge in [-0.25, -0.2) is 14.2 Å². The average molecular weight is 274 g/mol. The van der Waals surface area contributed by atoms with E-state index in [1.54, 1.807) is 11.1 Å². The van der Waals surface area contributed by atoms with Crippen molar-refractivity contribution in [1.82, 2.24) is 10.4 Å². The van der Waals surface area contributed by atoms with Gasteiger partial charge < -0.3 is 10.0 Å². The van der Waals surface area contributed by atoms with Crippen LogP contribution in [0.15, 0.2) is 18.2 Å². The number of nitrogens with zero attached hydrogens (tertiary/aromatic N) is 2. The van der Waals surface area contributed by atoms with Crippen molar-refractivity contribution in [2.24, 2.45) is 0 Å². The number of hydrazine groups is 1. The normalized spacial score (nSPS) is 16.7. The van der Waals surface area contributed by atoms with Gasteiger partial charge in [-0.2, -0.15) is 0 Å². The zero-order valence-corrected chi connectivity index (χ0v) is 10.3. The van der Waals surface area contributed by atoms with Crippen LogP contribution in [0.2, 0.25) is 5.02 Å². The van der Waals surface area contributed by atoms with E-state index in [0.29, 0.717) is 26.2 Å². The van der Waals surface area contributed by atoms with Crippen LogP contribution in [0.3, 0.4) is 0 Å². The molecule has 0 aliphatic carbocycles. The molecule has 0 atom stereocenters. The van der Waals surface area contributed by atoms with Crippen LogP contribution in [0.1, 0.15) is 0 Å². The van der Waals surface area contributed by atoms with E-state index in [1.165, 1.54) is 12.1 Å². The van der Waals surface area contributed by atoms with Crippen LogP contribution in [0.25, 0.3) is 0 Å². The highest BCUT2D eigenvalue weighted by atomic mass is 35.5. The van der Waals surface area contributed by atoms with Crippen molar-refractivity contribution < 1.29 is 14.3 Å². The number of piperazine rings is 1. The van der Waals surface area contributed by atoms with E-state index in [9.17, 15) is 9.18 Å². The molecule has 1 aliphatic heterocycles.